The number of aliphatic imine (C=N–C) groups is 1. The van der Waals surface area contributed by atoms with Crippen molar-refractivity contribution in [1.82, 2.24) is 15.1 Å². The van der Waals surface area contributed by atoms with Crippen LogP contribution >= 0.6 is 0 Å². The van der Waals surface area contributed by atoms with Gasteiger partial charge in [-0.05, 0) is 24.3 Å². The number of ether oxygens (including phenoxy) is 1. The Morgan fingerprint density at radius 3 is 2.57 bits per heavy atom. The molecule has 238 valence electrons. The number of rotatable bonds is 7. The van der Waals surface area contributed by atoms with E-state index < -0.39 is 44.9 Å². The third-order valence-corrected chi connectivity index (χ3v) is 9.61. The highest BCUT2D eigenvalue weighted by Crippen LogP contribution is 2.38. The SMILES string of the molecule is CCS(=O)(=O)c1ccc(-c2nn3c(c2C(=O)NC2N=C(c4ccccc4)c4cccc(F)c4NC2=O)OC[C@](C)(CO)C3)c(F)c1. The first-order valence-electron chi connectivity index (χ1n) is 14.4. The molecule has 0 fully saturated rings. The number of aliphatic hydroxyl groups is 1. The van der Waals surface area contributed by atoms with E-state index in [1.807, 2.05) is 0 Å². The lowest BCUT2D eigenvalue weighted by atomic mass is 9.92. The Bertz CT molecular complexity index is 2010. The number of nitrogens with one attached hydrogen (secondary N) is 2. The number of aliphatic hydroxyl groups excluding tert-OH is 1. The van der Waals surface area contributed by atoms with Gasteiger partial charge in [0.05, 0.1) is 41.8 Å². The van der Waals surface area contributed by atoms with E-state index in [-0.39, 0.29) is 64.5 Å². The van der Waals surface area contributed by atoms with Crippen LogP contribution in [0.2, 0.25) is 0 Å². The Morgan fingerprint density at radius 1 is 1.11 bits per heavy atom. The van der Waals surface area contributed by atoms with Gasteiger partial charge in [0.15, 0.2) is 9.84 Å². The molecule has 0 saturated carbocycles. The summed E-state index contributed by atoms with van der Waals surface area (Å²) in [6.45, 7) is 3.02. The van der Waals surface area contributed by atoms with E-state index in [2.05, 4.69) is 20.7 Å². The summed E-state index contributed by atoms with van der Waals surface area (Å²) in [6.07, 6.45) is -1.56. The number of aromatic nitrogens is 2. The summed E-state index contributed by atoms with van der Waals surface area (Å²) < 4.78 is 62.5. The fourth-order valence-electron chi connectivity index (χ4n) is 5.30. The van der Waals surface area contributed by atoms with Crippen LogP contribution in [-0.4, -0.2) is 66.0 Å². The molecule has 2 amide bonds. The molecule has 0 aliphatic carbocycles. The van der Waals surface area contributed by atoms with Crippen molar-refractivity contribution in [3.8, 4) is 17.1 Å². The van der Waals surface area contributed by atoms with E-state index >= 15 is 4.39 Å². The number of fused-ring (bicyclic) bond motifs is 2. The first-order chi connectivity index (χ1) is 21.9. The predicted octanol–water partition coefficient (Wildman–Crippen LogP) is 3.56. The predicted molar refractivity (Wildman–Crippen MR) is 164 cm³/mol. The van der Waals surface area contributed by atoms with Crippen LogP contribution in [0.3, 0.4) is 0 Å². The molecule has 0 saturated heterocycles. The molecule has 0 bridgehead atoms. The van der Waals surface area contributed by atoms with Gasteiger partial charge in [0.1, 0.15) is 22.9 Å². The molecule has 6 rings (SSSR count). The number of amides is 2. The molecule has 3 heterocycles. The van der Waals surface area contributed by atoms with Crippen molar-refractivity contribution in [2.45, 2.75) is 31.5 Å². The molecule has 1 aromatic heterocycles. The smallest absolute Gasteiger partial charge is 0.269 e. The fourth-order valence-corrected chi connectivity index (χ4v) is 6.20. The molecule has 3 N–H and O–H groups in total. The number of benzene rings is 3. The number of benzodiazepines with no additional fused rings is 1. The zero-order chi connectivity index (χ0) is 32.8. The number of anilines is 1. The lowest BCUT2D eigenvalue weighted by Crippen LogP contribution is -2.43. The second kappa shape index (κ2) is 11.8. The van der Waals surface area contributed by atoms with E-state index in [0.717, 1.165) is 6.07 Å². The maximum absolute atomic E-state index is 15.6. The molecule has 2 atom stereocenters. The summed E-state index contributed by atoms with van der Waals surface area (Å²) in [6, 6.07) is 16.3. The molecule has 14 heteroatoms. The maximum atomic E-state index is 15.6. The highest BCUT2D eigenvalue weighted by molar-refractivity contribution is 7.91. The summed E-state index contributed by atoms with van der Waals surface area (Å²) in [5.41, 5.74) is -0.376. The standard InChI is InChI=1S/C32H29F2N5O6S/c1-3-46(43,44)19-12-13-20(23(34)14-19)27-24(31-39(38-27)15-32(2,16-40)17-45-31)29(41)37-28-30(42)36-26-21(10-7-11-22(26)33)25(35-28)18-8-5-4-6-9-18/h4-14,28,40H,3,15-17H2,1-2H3,(H,36,42)(H,37,41)/t28?,32-/m0/s1. The van der Waals surface area contributed by atoms with Crippen LogP contribution in [0.1, 0.15) is 35.3 Å². The third-order valence-electron chi connectivity index (χ3n) is 7.88. The molecule has 3 aromatic carbocycles. The summed E-state index contributed by atoms with van der Waals surface area (Å²) in [7, 11) is -3.73. The van der Waals surface area contributed by atoms with E-state index in [0.29, 0.717) is 11.1 Å². The molecule has 0 spiro atoms. The van der Waals surface area contributed by atoms with E-state index in [9.17, 15) is 27.5 Å². The van der Waals surface area contributed by atoms with E-state index in [1.165, 1.54) is 35.9 Å². The molecule has 4 aromatic rings. The number of sulfone groups is 1. The minimum atomic E-state index is -3.73. The molecule has 2 aliphatic rings. The first-order valence-corrected chi connectivity index (χ1v) is 16.0. The quantitative estimate of drug-likeness (QED) is 0.277. The van der Waals surface area contributed by atoms with Crippen molar-refractivity contribution in [3.05, 3.63) is 95.1 Å². The van der Waals surface area contributed by atoms with Gasteiger partial charge in [0.2, 0.25) is 12.0 Å². The molecular weight excluding hydrogens is 620 g/mol. The van der Waals surface area contributed by atoms with Gasteiger partial charge < -0.3 is 20.5 Å². The zero-order valence-corrected chi connectivity index (χ0v) is 25.6. The molecule has 0 radical (unpaired) electrons. The molecule has 2 aliphatic heterocycles. The summed E-state index contributed by atoms with van der Waals surface area (Å²) in [5, 5.41) is 19.4. The van der Waals surface area contributed by atoms with Gasteiger partial charge >= 0.3 is 0 Å². The number of carbonyl (C=O) groups is 2. The second-order valence-electron chi connectivity index (χ2n) is 11.4. The monoisotopic (exact) mass is 649 g/mol. The summed E-state index contributed by atoms with van der Waals surface area (Å²) in [4.78, 5) is 31.8. The summed E-state index contributed by atoms with van der Waals surface area (Å²) >= 11 is 0. The Morgan fingerprint density at radius 2 is 1.87 bits per heavy atom. The Balaban J connectivity index is 1.45. The van der Waals surface area contributed by atoms with Crippen molar-refractivity contribution >= 4 is 33.1 Å². The van der Waals surface area contributed by atoms with Crippen LogP contribution in [0, 0.1) is 17.0 Å². The van der Waals surface area contributed by atoms with Gasteiger partial charge in [0, 0.05) is 22.1 Å². The number of nitrogens with zero attached hydrogens (tertiary/aromatic N) is 3. The van der Waals surface area contributed by atoms with Crippen molar-refractivity contribution in [2.75, 3.05) is 24.3 Å². The van der Waals surface area contributed by atoms with Crippen molar-refractivity contribution in [2.24, 2.45) is 10.4 Å². The van der Waals surface area contributed by atoms with E-state index in [1.54, 1.807) is 43.3 Å². The zero-order valence-electron chi connectivity index (χ0n) is 24.8. The molecule has 11 nitrogen and oxygen atoms in total. The lowest BCUT2D eigenvalue weighted by molar-refractivity contribution is -0.117. The van der Waals surface area contributed by atoms with Gasteiger partial charge in [-0.1, -0.05) is 56.3 Å². The molecule has 1 unspecified atom stereocenters. The molecule has 46 heavy (non-hydrogen) atoms. The van der Waals surface area contributed by atoms with Crippen LogP contribution in [0.25, 0.3) is 11.3 Å². The highest BCUT2D eigenvalue weighted by Gasteiger charge is 2.38. The van der Waals surface area contributed by atoms with Crippen molar-refractivity contribution < 1.29 is 36.6 Å². The average molecular weight is 650 g/mol. The second-order valence-corrected chi connectivity index (χ2v) is 13.6. The van der Waals surface area contributed by atoms with Crippen LogP contribution in [0.4, 0.5) is 14.5 Å². The largest absolute Gasteiger partial charge is 0.476 e. The number of halogens is 2. The van der Waals surface area contributed by atoms with Gasteiger partial charge in [-0.25, -0.2) is 26.9 Å². The van der Waals surface area contributed by atoms with Crippen molar-refractivity contribution in [1.29, 1.82) is 0 Å². The van der Waals surface area contributed by atoms with Crippen molar-refractivity contribution in [3.63, 3.8) is 0 Å². The lowest BCUT2D eigenvalue weighted by Gasteiger charge is -2.32. The fraction of sp³-hybridized carbons (Fsp3) is 0.250. The number of hydrogen-bond acceptors (Lipinski definition) is 8. The Kier molecular flexibility index (Phi) is 7.94. The molecular formula is C32H29F2N5O6S. The number of hydrogen-bond donors (Lipinski definition) is 3. The Hall–Kier alpha value is -4.95. The number of carbonyl (C=O) groups excluding carboxylic acids is 2. The van der Waals surface area contributed by atoms with Crippen LogP contribution in [-0.2, 0) is 21.2 Å². The Labute approximate surface area is 262 Å². The third kappa shape index (κ3) is 5.54. The highest BCUT2D eigenvalue weighted by atomic mass is 32.2. The topological polar surface area (TPSA) is 152 Å². The minimum Gasteiger partial charge on any atom is -0.476 e. The summed E-state index contributed by atoms with van der Waals surface area (Å²) in [5.74, 6) is -3.67. The van der Waals surface area contributed by atoms with Crippen LogP contribution in [0.5, 0.6) is 5.88 Å². The van der Waals surface area contributed by atoms with Gasteiger partial charge in [-0.15, -0.1) is 0 Å². The van der Waals surface area contributed by atoms with Gasteiger partial charge in [-0.2, -0.15) is 5.10 Å². The normalized spacial score (nSPS) is 19.2. The van der Waals surface area contributed by atoms with Gasteiger partial charge in [0.25, 0.3) is 11.8 Å². The number of para-hydroxylation sites is 1. The first kappa shape index (κ1) is 31.0. The maximum Gasteiger partial charge on any atom is 0.269 e. The van der Waals surface area contributed by atoms with E-state index in [4.69, 9.17) is 4.74 Å². The van der Waals surface area contributed by atoms with Crippen LogP contribution in [0.15, 0.2) is 76.6 Å². The van der Waals surface area contributed by atoms with Crippen LogP contribution < -0.4 is 15.4 Å². The minimum absolute atomic E-state index is 0.000113. The average Bonchev–Trinajstić information content (AvgIpc) is 3.35. The van der Waals surface area contributed by atoms with Gasteiger partial charge in [-0.3, -0.25) is 9.59 Å².